The predicted molar refractivity (Wildman–Crippen MR) is 100 cm³/mol. The molecular weight excluding hydrogens is 300 g/mol. The standard InChI is InChI=1S/C21H40O3/c1-3-5-7-8-9-10-11-12-13-14-15-16-17-21(19-24-21)20(22)23-18-6-4-2/h3-19H2,1-2H3. The SMILES string of the molecule is CCCCCCCCCCCCCCC1(C(=O)OCCCC)CO1. The second-order valence-corrected chi connectivity index (χ2v) is 7.41. The number of epoxide rings is 1. The van der Waals surface area contributed by atoms with Crippen LogP contribution in [0.2, 0.25) is 0 Å². The fourth-order valence-electron chi connectivity index (χ4n) is 3.14. The molecule has 1 unspecified atom stereocenters. The molecule has 0 aromatic carbocycles. The molecule has 1 aliphatic rings. The number of carbonyl (C=O) groups is 1. The third-order valence-electron chi connectivity index (χ3n) is 5.03. The molecule has 24 heavy (non-hydrogen) atoms. The highest BCUT2D eigenvalue weighted by molar-refractivity contribution is 5.82. The van der Waals surface area contributed by atoms with Gasteiger partial charge in [0.25, 0.3) is 0 Å². The molecule has 0 radical (unpaired) electrons. The van der Waals surface area contributed by atoms with Gasteiger partial charge >= 0.3 is 5.97 Å². The number of esters is 1. The van der Waals surface area contributed by atoms with E-state index in [-0.39, 0.29) is 5.97 Å². The molecule has 0 aromatic heterocycles. The first-order valence-corrected chi connectivity index (χ1v) is 10.6. The van der Waals surface area contributed by atoms with E-state index in [0.717, 1.165) is 25.7 Å². The Bertz CT molecular complexity index is 310. The maximum Gasteiger partial charge on any atom is 0.340 e. The summed E-state index contributed by atoms with van der Waals surface area (Å²) >= 11 is 0. The summed E-state index contributed by atoms with van der Waals surface area (Å²) < 4.78 is 10.7. The molecule has 142 valence electrons. The van der Waals surface area contributed by atoms with Crippen molar-refractivity contribution in [2.24, 2.45) is 0 Å². The lowest BCUT2D eigenvalue weighted by molar-refractivity contribution is -0.150. The van der Waals surface area contributed by atoms with Gasteiger partial charge in [0.2, 0.25) is 0 Å². The third kappa shape index (κ3) is 9.66. The normalized spacial score (nSPS) is 19.4. The molecule has 3 nitrogen and oxygen atoms in total. The van der Waals surface area contributed by atoms with E-state index in [1.165, 1.54) is 70.6 Å². The molecule has 1 saturated heterocycles. The highest BCUT2D eigenvalue weighted by Crippen LogP contribution is 2.34. The minimum atomic E-state index is -0.563. The Balaban J connectivity index is 1.87. The van der Waals surface area contributed by atoms with Crippen LogP contribution in [0, 0.1) is 0 Å². The zero-order valence-corrected chi connectivity index (χ0v) is 16.2. The number of hydrogen-bond acceptors (Lipinski definition) is 3. The average molecular weight is 341 g/mol. The fourth-order valence-corrected chi connectivity index (χ4v) is 3.14. The summed E-state index contributed by atoms with van der Waals surface area (Å²) in [6.07, 6.45) is 18.9. The first-order chi connectivity index (χ1) is 11.7. The Hall–Kier alpha value is -0.570. The molecule has 1 fully saturated rings. The number of rotatable bonds is 17. The molecule has 0 N–H and O–H groups in total. The van der Waals surface area contributed by atoms with Crippen molar-refractivity contribution in [3.8, 4) is 0 Å². The van der Waals surface area contributed by atoms with Crippen molar-refractivity contribution >= 4 is 5.97 Å². The van der Waals surface area contributed by atoms with Gasteiger partial charge in [0.15, 0.2) is 5.60 Å². The summed E-state index contributed by atoms with van der Waals surface area (Å²) in [5, 5.41) is 0. The van der Waals surface area contributed by atoms with Gasteiger partial charge in [0.05, 0.1) is 13.2 Å². The van der Waals surface area contributed by atoms with E-state index < -0.39 is 5.60 Å². The molecule has 0 spiro atoms. The van der Waals surface area contributed by atoms with Crippen molar-refractivity contribution in [1.82, 2.24) is 0 Å². The zero-order chi connectivity index (χ0) is 17.5. The van der Waals surface area contributed by atoms with E-state index >= 15 is 0 Å². The van der Waals surface area contributed by atoms with Crippen LogP contribution in [0.25, 0.3) is 0 Å². The molecule has 1 atom stereocenters. The van der Waals surface area contributed by atoms with Gasteiger partial charge in [-0.2, -0.15) is 0 Å². The van der Waals surface area contributed by atoms with Crippen molar-refractivity contribution in [1.29, 1.82) is 0 Å². The van der Waals surface area contributed by atoms with Crippen LogP contribution in [0.4, 0.5) is 0 Å². The second kappa shape index (κ2) is 13.7. The Morgan fingerprint density at radius 3 is 1.71 bits per heavy atom. The molecule has 1 aliphatic heterocycles. The van der Waals surface area contributed by atoms with Crippen LogP contribution >= 0.6 is 0 Å². The summed E-state index contributed by atoms with van der Waals surface area (Å²) in [5.74, 6) is -0.126. The quantitative estimate of drug-likeness (QED) is 0.180. The van der Waals surface area contributed by atoms with E-state index in [1.807, 2.05) is 0 Å². The molecule has 0 amide bonds. The molecule has 0 aromatic rings. The van der Waals surface area contributed by atoms with Gasteiger partial charge in [-0.3, -0.25) is 0 Å². The monoisotopic (exact) mass is 340 g/mol. The predicted octanol–water partition coefficient (Wildman–Crippen LogP) is 6.19. The summed E-state index contributed by atoms with van der Waals surface area (Å²) in [5.41, 5.74) is -0.563. The number of unbranched alkanes of at least 4 members (excludes halogenated alkanes) is 12. The number of ether oxygens (including phenoxy) is 2. The minimum Gasteiger partial charge on any atom is -0.463 e. The third-order valence-corrected chi connectivity index (χ3v) is 5.03. The number of hydrogen-bond donors (Lipinski definition) is 0. The van der Waals surface area contributed by atoms with Gasteiger partial charge in [0.1, 0.15) is 0 Å². The largest absolute Gasteiger partial charge is 0.463 e. The summed E-state index contributed by atoms with van der Waals surface area (Å²) in [6, 6.07) is 0. The van der Waals surface area contributed by atoms with Crippen molar-refractivity contribution in [2.75, 3.05) is 13.2 Å². The minimum absolute atomic E-state index is 0.126. The van der Waals surface area contributed by atoms with Crippen LogP contribution in [-0.4, -0.2) is 24.8 Å². The smallest absolute Gasteiger partial charge is 0.340 e. The topological polar surface area (TPSA) is 38.8 Å². The first kappa shape index (κ1) is 21.5. The van der Waals surface area contributed by atoms with Crippen molar-refractivity contribution < 1.29 is 14.3 Å². The summed E-state index contributed by atoms with van der Waals surface area (Å²) in [7, 11) is 0. The van der Waals surface area contributed by atoms with Crippen LogP contribution in [0.5, 0.6) is 0 Å². The first-order valence-electron chi connectivity index (χ1n) is 10.6. The molecule has 0 bridgehead atoms. The maximum atomic E-state index is 12.0. The van der Waals surface area contributed by atoms with E-state index in [9.17, 15) is 4.79 Å². The Labute approximate surface area is 149 Å². The maximum absolute atomic E-state index is 12.0. The highest BCUT2D eigenvalue weighted by Gasteiger charge is 2.52. The summed E-state index contributed by atoms with van der Waals surface area (Å²) in [4.78, 5) is 12.0. The molecular formula is C21H40O3. The van der Waals surface area contributed by atoms with E-state index in [0.29, 0.717) is 13.2 Å². The summed E-state index contributed by atoms with van der Waals surface area (Å²) in [6.45, 7) is 5.48. The van der Waals surface area contributed by atoms with Gasteiger partial charge in [-0.05, 0) is 19.3 Å². The van der Waals surface area contributed by atoms with Crippen LogP contribution in [0.15, 0.2) is 0 Å². The van der Waals surface area contributed by atoms with Crippen molar-refractivity contribution in [2.45, 2.75) is 116 Å². The van der Waals surface area contributed by atoms with Crippen LogP contribution in [-0.2, 0) is 14.3 Å². The average Bonchev–Trinajstić information content (AvgIpc) is 3.37. The van der Waals surface area contributed by atoms with Crippen LogP contribution in [0.3, 0.4) is 0 Å². The van der Waals surface area contributed by atoms with Crippen molar-refractivity contribution in [3.63, 3.8) is 0 Å². The molecule has 0 aliphatic carbocycles. The Kier molecular flexibility index (Phi) is 12.2. The van der Waals surface area contributed by atoms with Crippen LogP contribution in [0.1, 0.15) is 110 Å². The molecule has 3 heteroatoms. The number of carbonyl (C=O) groups excluding carboxylic acids is 1. The van der Waals surface area contributed by atoms with Gasteiger partial charge in [-0.15, -0.1) is 0 Å². The molecule has 1 rings (SSSR count). The van der Waals surface area contributed by atoms with E-state index in [1.54, 1.807) is 0 Å². The van der Waals surface area contributed by atoms with Gasteiger partial charge in [-0.25, -0.2) is 4.79 Å². The Morgan fingerprint density at radius 1 is 0.792 bits per heavy atom. The van der Waals surface area contributed by atoms with Gasteiger partial charge in [-0.1, -0.05) is 90.9 Å². The second-order valence-electron chi connectivity index (χ2n) is 7.41. The molecule has 0 saturated carbocycles. The van der Waals surface area contributed by atoms with Gasteiger partial charge in [0, 0.05) is 0 Å². The van der Waals surface area contributed by atoms with E-state index in [2.05, 4.69) is 13.8 Å². The molecule has 1 heterocycles. The van der Waals surface area contributed by atoms with Crippen LogP contribution < -0.4 is 0 Å². The van der Waals surface area contributed by atoms with E-state index in [4.69, 9.17) is 9.47 Å². The Morgan fingerprint density at radius 2 is 1.25 bits per heavy atom. The fraction of sp³-hybridized carbons (Fsp3) is 0.952. The lowest BCUT2D eigenvalue weighted by Gasteiger charge is -2.11. The lowest BCUT2D eigenvalue weighted by atomic mass is 10.0. The zero-order valence-electron chi connectivity index (χ0n) is 16.2. The lowest BCUT2D eigenvalue weighted by Crippen LogP contribution is -2.27. The highest BCUT2D eigenvalue weighted by atomic mass is 16.6. The van der Waals surface area contributed by atoms with Crippen molar-refractivity contribution in [3.05, 3.63) is 0 Å². The van der Waals surface area contributed by atoms with Gasteiger partial charge < -0.3 is 9.47 Å².